The number of aliphatic hydroxyl groups excluding tert-OH is 1. The van der Waals surface area contributed by atoms with Gasteiger partial charge >= 0.3 is 0 Å². The Morgan fingerprint density at radius 2 is 2.22 bits per heavy atom. The molecule has 2 heterocycles. The zero-order valence-corrected chi connectivity index (χ0v) is 10.7. The lowest BCUT2D eigenvalue weighted by atomic mass is 10.2. The second kappa shape index (κ2) is 5.69. The van der Waals surface area contributed by atoms with E-state index in [9.17, 15) is 5.11 Å². The molecule has 4 nitrogen and oxygen atoms in total. The quantitative estimate of drug-likeness (QED) is 0.881. The summed E-state index contributed by atoms with van der Waals surface area (Å²) in [4.78, 5) is 6.49. The highest BCUT2D eigenvalue weighted by Crippen LogP contribution is 2.17. The fourth-order valence-corrected chi connectivity index (χ4v) is 1.78. The van der Waals surface area contributed by atoms with Crippen molar-refractivity contribution in [2.24, 2.45) is 0 Å². The molecular formula is C14H18N2O2. The van der Waals surface area contributed by atoms with Crippen molar-refractivity contribution in [3.63, 3.8) is 0 Å². The van der Waals surface area contributed by atoms with Crippen molar-refractivity contribution in [2.45, 2.75) is 26.5 Å². The Bertz CT molecular complexity index is 463. The van der Waals surface area contributed by atoms with Crippen molar-refractivity contribution in [1.82, 2.24) is 4.98 Å². The zero-order valence-electron chi connectivity index (χ0n) is 10.7. The number of pyridine rings is 1. The molecule has 0 amide bonds. The number of aliphatic hydroxyl groups is 1. The van der Waals surface area contributed by atoms with Gasteiger partial charge in [-0.3, -0.25) is 0 Å². The van der Waals surface area contributed by atoms with Gasteiger partial charge in [-0.05, 0) is 37.6 Å². The molecule has 4 heteroatoms. The highest BCUT2D eigenvalue weighted by Gasteiger charge is 2.09. The molecule has 2 aromatic heterocycles. The summed E-state index contributed by atoms with van der Waals surface area (Å²) in [5.41, 5.74) is 0.827. The molecule has 0 radical (unpaired) electrons. The summed E-state index contributed by atoms with van der Waals surface area (Å²) in [7, 11) is 0. The van der Waals surface area contributed by atoms with Gasteiger partial charge in [0.1, 0.15) is 11.6 Å². The standard InChI is InChI=1S/C14H18N2O2/c1-3-16(10-13-5-4-8-18-13)14-7-6-12(9-15-14)11(2)17/h4-9,11,17H,3,10H2,1-2H3/t11-/m0/s1. The first-order chi connectivity index (χ1) is 8.70. The number of aromatic nitrogens is 1. The smallest absolute Gasteiger partial charge is 0.128 e. The van der Waals surface area contributed by atoms with Crippen LogP contribution in [0.25, 0.3) is 0 Å². The second-order valence-electron chi connectivity index (χ2n) is 4.22. The predicted octanol–water partition coefficient (Wildman–Crippen LogP) is 2.75. The summed E-state index contributed by atoms with van der Waals surface area (Å²) in [6.45, 7) is 5.36. The third-order valence-electron chi connectivity index (χ3n) is 2.89. The number of rotatable bonds is 5. The minimum Gasteiger partial charge on any atom is -0.467 e. The van der Waals surface area contributed by atoms with E-state index >= 15 is 0 Å². The normalized spacial score (nSPS) is 12.4. The van der Waals surface area contributed by atoms with Crippen LogP contribution in [-0.4, -0.2) is 16.6 Å². The SMILES string of the molecule is CCN(Cc1ccco1)c1ccc([C@H](C)O)cn1. The van der Waals surface area contributed by atoms with Crippen LogP contribution in [0.4, 0.5) is 5.82 Å². The molecule has 1 atom stereocenters. The maximum Gasteiger partial charge on any atom is 0.128 e. The molecule has 0 aliphatic heterocycles. The van der Waals surface area contributed by atoms with Gasteiger partial charge in [-0.25, -0.2) is 4.98 Å². The lowest BCUT2D eigenvalue weighted by molar-refractivity contribution is 0.199. The molecule has 0 aliphatic rings. The van der Waals surface area contributed by atoms with E-state index in [1.807, 2.05) is 24.3 Å². The lowest BCUT2D eigenvalue weighted by Crippen LogP contribution is -2.22. The van der Waals surface area contributed by atoms with Gasteiger partial charge in [0.15, 0.2) is 0 Å². The van der Waals surface area contributed by atoms with Crippen LogP contribution in [0.15, 0.2) is 41.1 Å². The van der Waals surface area contributed by atoms with E-state index in [1.54, 1.807) is 19.4 Å². The summed E-state index contributed by atoms with van der Waals surface area (Å²) in [6.07, 6.45) is 2.91. The Balaban J connectivity index is 2.12. The van der Waals surface area contributed by atoms with E-state index < -0.39 is 6.10 Å². The number of anilines is 1. The molecule has 96 valence electrons. The second-order valence-corrected chi connectivity index (χ2v) is 4.22. The maximum absolute atomic E-state index is 9.45. The third-order valence-corrected chi connectivity index (χ3v) is 2.89. The van der Waals surface area contributed by atoms with E-state index in [0.717, 1.165) is 23.7 Å². The van der Waals surface area contributed by atoms with E-state index in [4.69, 9.17) is 4.42 Å². The summed E-state index contributed by atoms with van der Waals surface area (Å²) < 4.78 is 5.34. The van der Waals surface area contributed by atoms with Gasteiger partial charge in [-0.2, -0.15) is 0 Å². The molecule has 0 spiro atoms. The molecule has 2 aromatic rings. The Morgan fingerprint density at radius 1 is 1.39 bits per heavy atom. The van der Waals surface area contributed by atoms with Crippen molar-refractivity contribution in [1.29, 1.82) is 0 Å². The van der Waals surface area contributed by atoms with Crippen molar-refractivity contribution in [3.05, 3.63) is 48.0 Å². The Labute approximate surface area is 107 Å². The summed E-state index contributed by atoms with van der Waals surface area (Å²) >= 11 is 0. The average molecular weight is 246 g/mol. The first kappa shape index (κ1) is 12.6. The molecule has 0 bridgehead atoms. The van der Waals surface area contributed by atoms with Crippen molar-refractivity contribution in [3.8, 4) is 0 Å². The molecule has 2 rings (SSSR count). The number of hydrogen-bond donors (Lipinski definition) is 1. The fourth-order valence-electron chi connectivity index (χ4n) is 1.78. The molecule has 0 unspecified atom stereocenters. The highest BCUT2D eigenvalue weighted by molar-refractivity contribution is 5.39. The minimum absolute atomic E-state index is 0.480. The van der Waals surface area contributed by atoms with E-state index in [1.165, 1.54) is 0 Å². The predicted molar refractivity (Wildman–Crippen MR) is 70.3 cm³/mol. The molecule has 0 saturated heterocycles. The Hall–Kier alpha value is -1.81. The first-order valence-electron chi connectivity index (χ1n) is 6.12. The number of nitrogens with zero attached hydrogens (tertiary/aromatic N) is 2. The van der Waals surface area contributed by atoms with Crippen LogP contribution in [0.1, 0.15) is 31.3 Å². The Morgan fingerprint density at radius 3 is 2.72 bits per heavy atom. The van der Waals surface area contributed by atoms with E-state index in [0.29, 0.717) is 6.54 Å². The Kier molecular flexibility index (Phi) is 3.99. The summed E-state index contributed by atoms with van der Waals surface area (Å²) in [5.74, 6) is 1.80. The molecule has 0 aromatic carbocycles. The molecule has 1 N–H and O–H groups in total. The van der Waals surface area contributed by atoms with Crippen LogP contribution in [0, 0.1) is 0 Å². The van der Waals surface area contributed by atoms with E-state index in [2.05, 4.69) is 16.8 Å². The van der Waals surface area contributed by atoms with Crippen molar-refractivity contribution < 1.29 is 9.52 Å². The first-order valence-corrected chi connectivity index (χ1v) is 6.12. The van der Waals surface area contributed by atoms with Crippen LogP contribution in [-0.2, 0) is 6.54 Å². The van der Waals surface area contributed by atoms with Crippen LogP contribution in [0.3, 0.4) is 0 Å². The van der Waals surface area contributed by atoms with Gasteiger partial charge in [0.25, 0.3) is 0 Å². The molecule has 18 heavy (non-hydrogen) atoms. The fraction of sp³-hybridized carbons (Fsp3) is 0.357. The third kappa shape index (κ3) is 2.90. The zero-order chi connectivity index (χ0) is 13.0. The van der Waals surface area contributed by atoms with Crippen molar-refractivity contribution in [2.75, 3.05) is 11.4 Å². The molecule has 0 saturated carbocycles. The summed E-state index contributed by atoms with van der Waals surface area (Å²) in [5, 5.41) is 9.45. The van der Waals surface area contributed by atoms with Crippen LogP contribution in [0.2, 0.25) is 0 Å². The average Bonchev–Trinajstić information content (AvgIpc) is 2.89. The van der Waals surface area contributed by atoms with Gasteiger partial charge in [0, 0.05) is 12.7 Å². The van der Waals surface area contributed by atoms with Crippen LogP contribution < -0.4 is 4.90 Å². The summed E-state index contributed by atoms with van der Waals surface area (Å²) in [6, 6.07) is 7.66. The van der Waals surface area contributed by atoms with Crippen molar-refractivity contribution >= 4 is 5.82 Å². The highest BCUT2D eigenvalue weighted by atomic mass is 16.3. The lowest BCUT2D eigenvalue weighted by Gasteiger charge is -2.21. The topological polar surface area (TPSA) is 49.5 Å². The van der Waals surface area contributed by atoms with Gasteiger partial charge in [-0.15, -0.1) is 0 Å². The van der Waals surface area contributed by atoms with Gasteiger partial charge in [0.05, 0.1) is 18.9 Å². The monoisotopic (exact) mass is 246 g/mol. The van der Waals surface area contributed by atoms with E-state index in [-0.39, 0.29) is 0 Å². The molecular weight excluding hydrogens is 228 g/mol. The largest absolute Gasteiger partial charge is 0.467 e. The van der Waals surface area contributed by atoms with Crippen LogP contribution >= 0.6 is 0 Å². The van der Waals surface area contributed by atoms with Crippen LogP contribution in [0.5, 0.6) is 0 Å². The minimum atomic E-state index is -0.480. The van der Waals surface area contributed by atoms with Gasteiger partial charge in [-0.1, -0.05) is 6.07 Å². The van der Waals surface area contributed by atoms with Gasteiger partial charge in [0.2, 0.25) is 0 Å². The molecule has 0 fully saturated rings. The number of hydrogen-bond acceptors (Lipinski definition) is 4. The number of furan rings is 1. The van der Waals surface area contributed by atoms with Gasteiger partial charge < -0.3 is 14.4 Å². The molecule has 0 aliphatic carbocycles. The maximum atomic E-state index is 9.45.